The van der Waals surface area contributed by atoms with E-state index in [2.05, 4.69) is 38.2 Å². The molecule has 0 aliphatic heterocycles. The van der Waals surface area contributed by atoms with Crippen LogP contribution in [-0.4, -0.2) is 38.1 Å². The maximum absolute atomic E-state index is 12.6. The second-order valence-electron chi connectivity index (χ2n) is 7.95. The van der Waals surface area contributed by atoms with Crippen molar-refractivity contribution in [2.45, 2.75) is 83.0 Å². The van der Waals surface area contributed by atoms with E-state index in [0.717, 1.165) is 69.6 Å². The van der Waals surface area contributed by atoms with Gasteiger partial charge in [0.1, 0.15) is 10.1 Å². The van der Waals surface area contributed by atoms with Gasteiger partial charge in [-0.25, -0.2) is 18.0 Å². The number of carbonyl (C=O) groups is 2. The summed E-state index contributed by atoms with van der Waals surface area (Å²) in [5.74, 6) is -1.62. The summed E-state index contributed by atoms with van der Waals surface area (Å²) in [6.45, 7) is 4.51. The van der Waals surface area contributed by atoms with Crippen LogP contribution in [0.1, 0.15) is 98.8 Å². The van der Waals surface area contributed by atoms with Crippen molar-refractivity contribution in [2.24, 2.45) is 0 Å². The Hall–Kier alpha value is -1.45. The Morgan fingerprint density at radius 3 is 1.69 bits per heavy atom. The monoisotopic (exact) mass is 516 g/mol. The van der Waals surface area contributed by atoms with E-state index < -0.39 is 27.0 Å². The van der Waals surface area contributed by atoms with E-state index in [1.165, 1.54) is 0 Å². The average molecular weight is 517 g/mol. The number of ether oxygens (including phenoxy) is 2. The normalized spacial score (nSPS) is 11.5. The van der Waals surface area contributed by atoms with Gasteiger partial charge in [0.25, 0.3) is 0 Å². The first-order valence-electron chi connectivity index (χ1n) is 12.0. The maximum atomic E-state index is 12.6. The predicted octanol–water partition coefficient (Wildman–Crippen LogP) is 2.96. The smallest absolute Gasteiger partial charge is 0.744 e. The van der Waals surface area contributed by atoms with Crippen molar-refractivity contribution < 1.29 is 61.6 Å². The number of hydrogen-bond donors (Lipinski definition) is 0. The quantitative estimate of drug-likeness (QED) is 0.103. The molecular weight excluding hydrogens is 479 g/mol. The Kier molecular flexibility index (Phi) is 18.9. The van der Waals surface area contributed by atoms with Crippen LogP contribution in [0.2, 0.25) is 0 Å². The van der Waals surface area contributed by atoms with Gasteiger partial charge in [0, 0.05) is 0 Å². The molecule has 9 heteroatoms. The molecule has 0 radical (unpaired) electrons. The molecule has 0 saturated carbocycles. The number of unbranched alkanes of at least 4 members (excludes halogenated alkanes) is 6. The van der Waals surface area contributed by atoms with Crippen LogP contribution in [0.4, 0.5) is 0 Å². The molecule has 1 aromatic carbocycles. The molecule has 0 fully saturated rings. The van der Waals surface area contributed by atoms with Crippen molar-refractivity contribution in [3.8, 4) is 0 Å². The standard InChI is InChI=1S/C26H38O7S.Na/c1-3-5-7-9-11-13-15-19-32-25(27)23-18-17-22(34(29,30)31)21-24(23)26(28)33-20-16-14-12-10-8-6-4-2;/h7-10,17-18,21H,3-6,11-16,19-20H2,1-2H3,(H,29,30,31);/q;+1/p-1/b9-7+,10-8+;. The molecule has 0 aliphatic rings. The summed E-state index contributed by atoms with van der Waals surface area (Å²) in [6.07, 6.45) is 17.4. The van der Waals surface area contributed by atoms with E-state index in [-0.39, 0.29) is 53.9 Å². The van der Waals surface area contributed by atoms with Gasteiger partial charge in [-0.3, -0.25) is 0 Å². The molecule has 0 saturated heterocycles. The summed E-state index contributed by atoms with van der Waals surface area (Å²) in [4.78, 5) is 24.5. The van der Waals surface area contributed by atoms with Gasteiger partial charge < -0.3 is 14.0 Å². The van der Waals surface area contributed by atoms with Crippen LogP contribution in [0.3, 0.4) is 0 Å². The zero-order valence-electron chi connectivity index (χ0n) is 21.3. The number of carbonyl (C=O) groups excluding carboxylic acids is 2. The van der Waals surface area contributed by atoms with E-state index in [1.807, 2.05) is 0 Å². The maximum Gasteiger partial charge on any atom is 1.00 e. The predicted molar refractivity (Wildman–Crippen MR) is 131 cm³/mol. The molecule has 1 rings (SSSR count). The SMILES string of the molecule is CCC/C=C/CCCCOC(=O)c1ccc(S(=O)(=O)[O-])cc1C(=O)OCCCC/C=C/CCC.[Na+]. The zero-order chi connectivity index (χ0) is 25.2. The minimum Gasteiger partial charge on any atom is -0.744 e. The van der Waals surface area contributed by atoms with Gasteiger partial charge in [0.15, 0.2) is 0 Å². The molecular formula is C26H37NaO7S. The Labute approximate surface area is 232 Å². The van der Waals surface area contributed by atoms with E-state index >= 15 is 0 Å². The first kappa shape index (κ1) is 33.5. The van der Waals surface area contributed by atoms with Crippen molar-refractivity contribution >= 4 is 22.1 Å². The van der Waals surface area contributed by atoms with Crippen LogP contribution in [-0.2, 0) is 19.6 Å². The van der Waals surface area contributed by atoms with Gasteiger partial charge in [0.2, 0.25) is 0 Å². The second kappa shape index (κ2) is 19.7. The molecule has 0 bridgehead atoms. The fraction of sp³-hybridized carbons (Fsp3) is 0.538. The Bertz CT molecular complexity index is 924. The van der Waals surface area contributed by atoms with Crippen LogP contribution in [0.5, 0.6) is 0 Å². The van der Waals surface area contributed by atoms with Gasteiger partial charge in [-0.05, 0) is 69.6 Å². The molecule has 0 atom stereocenters. The minimum absolute atomic E-state index is 0. The third-order valence-electron chi connectivity index (χ3n) is 4.96. The van der Waals surface area contributed by atoms with E-state index in [0.29, 0.717) is 12.8 Å². The number of benzene rings is 1. The Balaban J connectivity index is 0.0000116. The van der Waals surface area contributed by atoms with Gasteiger partial charge in [-0.15, -0.1) is 0 Å². The molecule has 0 heterocycles. The summed E-state index contributed by atoms with van der Waals surface area (Å²) in [6, 6.07) is 3.00. The molecule has 0 aromatic heterocycles. The summed E-state index contributed by atoms with van der Waals surface area (Å²) in [5.41, 5.74) is -0.407. The first-order valence-corrected chi connectivity index (χ1v) is 13.5. The molecule has 0 amide bonds. The number of hydrogen-bond acceptors (Lipinski definition) is 7. The van der Waals surface area contributed by atoms with Crippen molar-refractivity contribution in [1.29, 1.82) is 0 Å². The fourth-order valence-corrected chi connectivity index (χ4v) is 3.54. The fourth-order valence-electron chi connectivity index (χ4n) is 3.04. The number of rotatable bonds is 17. The van der Waals surface area contributed by atoms with E-state index in [4.69, 9.17) is 9.47 Å². The van der Waals surface area contributed by atoms with Crippen molar-refractivity contribution in [3.63, 3.8) is 0 Å². The van der Waals surface area contributed by atoms with E-state index in [1.54, 1.807) is 0 Å². The molecule has 0 N–H and O–H groups in total. The number of allylic oxidation sites excluding steroid dienone is 4. The minimum atomic E-state index is -4.80. The molecule has 190 valence electrons. The topological polar surface area (TPSA) is 110 Å². The van der Waals surface area contributed by atoms with Gasteiger partial charge in [-0.1, -0.05) is 51.0 Å². The summed E-state index contributed by atoms with van der Waals surface area (Å²) in [7, 11) is -4.80. The summed E-state index contributed by atoms with van der Waals surface area (Å²) in [5, 5.41) is 0. The van der Waals surface area contributed by atoms with Crippen LogP contribution in [0.15, 0.2) is 47.4 Å². The third kappa shape index (κ3) is 14.6. The molecule has 1 aromatic rings. The van der Waals surface area contributed by atoms with Gasteiger partial charge in [0.05, 0.1) is 29.2 Å². The second-order valence-corrected chi connectivity index (χ2v) is 9.32. The van der Waals surface area contributed by atoms with Crippen molar-refractivity contribution in [1.82, 2.24) is 0 Å². The van der Waals surface area contributed by atoms with E-state index in [9.17, 15) is 22.6 Å². The molecule has 0 unspecified atom stereocenters. The molecule has 0 spiro atoms. The van der Waals surface area contributed by atoms with Crippen LogP contribution >= 0.6 is 0 Å². The third-order valence-corrected chi connectivity index (χ3v) is 5.79. The van der Waals surface area contributed by atoms with Gasteiger partial charge >= 0.3 is 41.5 Å². The zero-order valence-corrected chi connectivity index (χ0v) is 24.1. The Morgan fingerprint density at radius 1 is 0.771 bits per heavy atom. The van der Waals surface area contributed by atoms with Gasteiger partial charge in [-0.2, -0.15) is 0 Å². The average Bonchev–Trinajstić information content (AvgIpc) is 2.81. The van der Waals surface area contributed by atoms with Crippen molar-refractivity contribution in [3.05, 3.63) is 53.6 Å². The molecule has 35 heavy (non-hydrogen) atoms. The van der Waals surface area contributed by atoms with Crippen molar-refractivity contribution in [2.75, 3.05) is 13.2 Å². The summed E-state index contributed by atoms with van der Waals surface area (Å²) < 4.78 is 44.7. The van der Waals surface area contributed by atoms with Crippen LogP contribution < -0.4 is 29.6 Å². The molecule has 7 nitrogen and oxygen atoms in total. The summed E-state index contributed by atoms with van der Waals surface area (Å²) >= 11 is 0. The van der Waals surface area contributed by atoms with Crippen LogP contribution in [0, 0.1) is 0 Å². The Morgan fingerprint density at radius 2 is 1.23 bits per heavy atom. The number of esters is 2. The first-order chi connectivity index (χ1) is 16.3. The molecule has 0 aliphatic carbocycles. The largest absolute Gasteiger partial charge is 1.00 e. The van der Waals surface area contributed by atoms with Crippen LogP contribution in [0.25, 0.3) is 0 Å².